The van der Waals surface area contributed by atoms with Crippen molar-refractivity contribution in [1.29, 1.82) is 0 Å². The number of aromatic amines is 1. The van der Waals surface area contributed by atoms with E-state index in [1.807, 2.05) is 0 Å². The Hall–Kier alpha value is -7.12. The number of para-hydroxylation sites is 1. The summed E-state index contributed by atoms with van der Waals surface area (Å²) in [5.74, 6) is -7.89. The summed E-state index contributed by atoms with van der Waals surface area (Å²) in [5.41, 5.74) is 8.77. The third-order valence-corrected chi connectivity index (χ3v) is 9.86. The van der Waals surface area contributed by atoms with Crippen LogP contribution in [0.4, 0.5) is 0 Å². The van der Waals surface area contributed by atoms with Crippen molar-refractivity contribution < 1.29 is 53.7 Å². The van der Waals surface area contributed by atoms with E-state index in [9.17, 15) is 53.7 Å². The van der Waals surface area contributed by atoms with E-state index in [4.69, 9.17) is 5.73 Å². The number of aromatic nitrogens is 1. The second-order valence-electron chi connectivity index (χ2n) is 14.7. The molecule has 19 nitrogen and oxygen atoms in total. The number of aliphatic hydroxyl groups is 1. The molecular weight excluding hydrogens is 805 g/mol. The fourth-order valence-corrected chi connectivity index (χ4v) is 6.36. The van der Waals surface area contributed by atoms with Crippen molar-refractivity contribution in [2.45, 2.75) is 88.2 Å². The molecule has 0 aliphatic rings. The van der Waals surface area contributed by atoms with Gasteiger partial charge in [-0.2, -0.15) is 0 Å². The number of carboxylic acid groups (broad SMARTS) is 2. The minimum atomic E-state index is -1.57. The molecule has 6 amide bonds. The van der Waals surface area contributed by atoms with Crippen LogP contribution in [0.25, 0.3) is 10.9 Å². The van der Waals surface area contributed by atoms with Crippen LogP contribution in [0.1, 0.15) is 43.4 Å². The van der Waals surface area contributed by atoms with Gasteiger partial charge in [-0.1, -0.05) is 78.9 Å². The third-order valence-electron chi connectivity index (χ3n) is 9.86. The summed E-state index contributed by atoms with van der Waals surface area (Å²) >= 11 is 0. The highest BCUT2D eigenvalue weighted by Gasteiger charge is 2.33. The number of carbonyl (C=O) groups excluding carboxylic acids is 6. The second-order valence-corrected chi connectivity index (χ2v) is 14.7. The molecule has 1 heterocycles. The molecule has 0 saturated carbocycles. The Morgan fingerprint density at radius 3 is 1.66 bits per heavy atom. The first-order valence-corrected chi connectivity index (χ1v) is 19.8. The van der Waals surface area contributed by atoms with Crippen LogP contribution >= 0.6 is 0 Å². The maximum Gasteiger partial charge on any atom is 0.325 e. The monoisotopic (exact) mass is 856 g/mol. The fourth-order valence-electron chi connectivity index (χ4n) is 6.36. The smallest absolute Gasteiger partial charge is 0.325 e. The first-order valence-electron chi connectivity index (χ1n) is 19.8. The Morgan fingerprint density at radius 1 is 0.565 bits per heavy atom. The maximum absolute atomic E-state index is 14.1. The zero-order valence-corrected chi connectivity index (χ0v) is 34.1. The molecule has 3 aromatic carbocycles. The van der Waals surface area contributed by atoms with E-state index in [2.05, 4.69) is 36.9 Å². The summed E-state index contributed by atoms with van der Waals surface area (Å²) in [5, 5.41) is 44.4. The first kappa shape index (κ1) is 47.6. The molecule has 0 spiro atoms. The molecule has 0 bridgehead atoms. The van der Waals surface area contributed by atoms with Crippen LogP contribution < -0.4 is 37.6 Å². The number of fused-ring (bicyclic) bond motifs is 1. The molecule has 4 aromatic rings. The van der Waals surface area contributed by atoms with Crippen molar-refractivity contribution in [3.05, 3.63) is 108 Å². The van der Waals surface area contributed by atoms with Gasteiger partial charge in [-0.05, 0) is 49.4 Å². The number of hydrogen-bond donors (Lipinski definition) is 11. The van der Waals surface area contributed by atoms with Gasteiger partial charge in [-0.15, -0.1) is 0 Å². The number of nitrogens with two attached hydrogens (primary N) is 1. The highest BCUT2D eigenvalue weighted by atomic mass is 16.4. The lowest BCUT2D eigenvalue weighted by Gasteiger charge is -2.26. The van der Waals surface area contributed by atoms with Gasteiger partial charge in [0.1, 0.15) is 36.3 Å². The SMILES string of the molecule is C[C@H](NC(=O)[C@H](Cc1ccccc1)NC(=O)[C@H](C)NC(=O)[C@H](CCC(=O)O)NC(=O)[C@H](Cc1c[nH]c2ccccc12)NC(=O)[C@H](CO)NC(=O)[C@@H](N)Cc1ccccc1)C(=O)O. The lowest BCUT2D eigenvalue weighted by atomic mass is 10.0. The number of benzene rings is 3. The molecule has 0 saturated heterocycles. The Balaban J connectivity index is 1.52. The normalized spacial score (nSPS) is 14.4. The third kappa shape index (κ3) is 14.3. The molecule has 7 atom stereocenters. The summed E-state index contributed by atoms with van der Waals surface area (Å²) in [6, 6.07) is 15.0. The maximum atomic E-state index is 14.1. The highest BCUT2D eigenvalue weighted by molar-refractivity contribution is 5.97. The van der Waals surface area contributed by atoms with Crippen molar-refractivity contribution in [2.24, 2.45) is 5.73 Å². The predicted octanol–water partition coefficient (Wildman–Crippen LogP) is -0.587. The van der Waals surface area contributed by atoms with Crippen LogP contribution in [0.15, 0.2) is 91.1 Å². The Bertz CT molecular complexity index is 2200. The van der Waals surface area contributed by atoms with Crippen molar-refractivity contribution in [3.8, 4) is 0 Å². The quantitative estimate of drug-likeness (QED) is 0.0447. The zero-order valence-electron chi connectivity index (χ0n) is 34.1. The van der Waals surface area contributed by atoms with Crippen LogP contribution in [0.3, 0.4) is 0 Å². The average molecular weight is 857 g/mol. The predicted molar refractivity (Wildman–Crippen MR) is 225 cm³/mol. The van der Waals surface area contributed by atoms with E-state index >= 15 is 0 Å². The molecule has 0 fully saturated rings. The summed E-state index contributed by atoms with van der Waals surface area (Å²) in [4.78, 5) is 107. The highest BCUT2D eigenvalue weighted by Crippen LogP contribution is 2.19. The number of H-pyrrole nitrogens is 1. The van der Waals surface area contributed by atoms with Crippen molar-refractivity contribution in [3.63, 3.8) is 0 Å². The number of aliphatic hydroxyl groups excluding tert-OH is 1. The molecule has 330 valence electrons. The topological polar surface area (TPSA) is 311 Å². The summed E-state index contributed by atoms with van der Waals surface area (Å²) in [6.45, 7) is 1.67. The molecule has 0 radical (unpaired) electrons. The van der Waals surface area contributed by atoms with Gasteiger partial charge in [0.2, 0.25) is 35.4 Å². The van der Waals surface area contributed by atoms with Crippen molar-refractivity contribution in [2.75, 3.05) is 6.61 Å². The number of rotatable bonds is 23. The van der Waals surface area contributed by atoms with E-state index in [0.717, 1.165) is 5.56 Å². The van der Waals surface area contributed by atoms with Gasteiger partial charge in [0.25, 0.3) is 0 Å². The fraction of sp³-hybridized carbons (Fsp3) is 0.349. The van der Waals surface area contributed by atoms with E-state index < -0.39 is 109 Å². The van der Waals surface area contributed by atoms with Crippen molar-refractivity contribution >= 4 is 58.3 Å². The van der Waals surface area contributed by atoms with Gasteiger partial charge in [-0.3, -0.25) is 38.4 Å². The van der Waals surface area contributed by atoms with E-state index in [1.165, 1.54) is 13.8 Å². The second kappa shape index (κ2) is 23.0. The Labute approximate surface area is 356 Å². The van der Waals surface area contributed by atoms with Gasteiger partial charge in [0, 0.05) is 36.4 Å². The molecular formula is C43H52N8O11. The van der Waals surface area contributed by atoms with Gasteiger partial charge in [0.05, 0.1) is 12.6 Å². The largest absolute Gasteiger partial charge is 0.481 e. The van der Waals surface area contributed by atoms with Crippen LogP contribution in [0.2, 0.25) is 0 Å². The zero-order chi connectivity index (χ0) is 45.3. The molecule has 0 unspecified atom stereocenters. The first-order chi connectivity index (χ1) is 29.6. The van der Waals surface area contributed by atoms with Crippen LogP contribution in [-0.4, -0.2) is 117 Å². The van der Waals surface area contributed by atoms with Gasteiger partial charge >= 0.3 is 11.9 Å². The number of carboxylic acids is 2. The van der Waals surface area contributed by atoms with Crippen LogP contribution in [-0.2, 0) is 57.6 Å². The lowest BCUT2D eigenvalue weighted by Crippen LogP contribution is -2.60. The summed E-state index contributed by atoms with van der Waals surface area (Å²) in [7, 11) is 0. The standard InChI is InChI=1S/C43H52N8O11/c1-24(37(55)49-33(20-27-13-7-4-8-14-27)40(58)47-25(2)43(61)62)46-39(57)32(17-18-36(53)54)48-41(59)34(21-28-22-45-31-16-10-9-15-29(28)31)50-42(60)35(23-52)51-38(56)30(44)19-26-11-5-3-6-12-26/h3-16,22,24-25,30,32-35,45,52H,17-21,23,44H2,1-2H3,(H,46,57)(H,47,58)(H,48,59)(H,49,55)(H,50,60)(H,51,56)(H,53,54)(H,61,62)/t24-,25-,30-,32-,33-,34-,35-/m0/s1. The summed E-state index contributed by atoms with van der Waals surface area (Å²) in [6.07, 6.45) is 0.505. The number of nitrogens with one attached hydrogen (secondary N) is 7. The average Bonchev–Trinajstić information content (AvgIpc) is 3.66. The van der Waals surface area contributed by atoms with E-state index in [-0.39, 0.29) is 19.3 Å². The number of carbonyl (C=O) groups is 8. The number of hydrogen-bond acceptors (Lipinski definition) is 10. The minimum absolute atomic E-state index is 0.0342. The van der Waals surface area contributed by atoms with E-state index in [0.29, 0.717) is 22.0 Å². The number of amides is 6. The molecule has 19 heteroatoms. The molecule has 62 heavy (non-hydrogen) atoms. The minimum Gasteiger partial charge on any atom is -0.481 e. The molecule has 1 aromatic heterocycles. The molecule has 0 aliphatic carbocycles. The van der Waals surface area contributed by atoms with Gasteiger partial charge in [0.15, 0.2) is 0 Å². The number of aliphatic carboxylic acids is 2. The summed E-state index contributed by atoms with van der Waals surface area (Å²) < 4.78 is 0. The molecule has 12 N–H and O–H groups in total. The van der Waals surface area contributed by atoms with E-state index in [1.54, 1.807) is 91.1 Å². The van der Waals surface area contributed by atoms with Crippen molar-refractivity contribution in [1.82, 2.24) is 36.9 Å². The molecule has 4 rings (SSSR count). The Morgan fingerprint density at radius 2 is 1.05 bits per heavy atom. The van der Waals surface area contributed by atoms with Crippen LogP contribution in [0, 0.1) is 0 Å². The van der Waals surface area contributed by atoms with Gasteiger partial charge < -0.3 is 57.9 Å². The molecule has 0 aliphatic heterocycles. The Kier molecular flexibility index (Phi) is 17.7. The van der Waals surface area contributed by atoms with Gasteiger partial charge in [-0.25, -0.2) is 0 Å². The van der Waals surface area contributed by atoms with Crippen LogP contribution in [0.5, 0.6) is 0 Å². The lowest BCUT2D eigenvalue weighted by molar-refractivity contribution is -0.142.